The van der Waals surface area contributed by atoms with Gasteiger partial charge in [-0.3, -0.25) is 4.79 Å². The summed E-state index contributed by atoms with van der Waals surface area (Å²) < 4.78 is 30.2. The Labute approximate surface area is 132 Å². The molecule has 0 atom stereocenters. The van der Waals surface area contributed by atoms with Crippen molar-refractivity contribution in [2.24, 2.45) is 0 Å². The minimum atomic E-state index is -3.52. The zero-order valence-corrected chi connectivity index (χ0v) is 14.5. The van der Waals surface area contributed by atoms with E-state index in [1.807, 2.05) is 20.8 Å². The van der Waals surface area contributed by atoms with Crippen molar-refractivity contribution in [3.63, 3.8) is 0 Å². The molecule has 0 heterocycles. The van der Waals surface area contributed by atoms with Gasteiger partial charge in [0.1, 0.15) is 5.75 Å². The van der Waals surface area contributed by atoms with Gasteiger partial charge in [0.15, 0.2) is 0 Å². The molecule has 0 saturated carbocycles. The average molecular weight is 328 g/mol. The standard InChI is InChI=1S/C15H24N2O4S/c1-15(2,3)16-14(18)11-17(22(5,19)20)10-12-8-6-7-9-13(12)21-4/h6-9H,10-11H2,1-5H3,(H,16,18). The maximum atomic E-state index is 12.0. The Balaban J connectivity index is 2.94. The Kier molecular flexibility index (Phi) is 5.96. The quantitative estimate of drug-likeness (QED) is 0.856. The van der Waals surface area contributed by atoms with E-state index in [-0.39, 0.29) is 19.0 Å². The van der Waals surface area contributed by atoms with Crippen LogP contribution in [0.1, 0.15) is 26.3 Å². The Morgan fingerprint density at radius 1 is 1.27 bits per heavy atom. The smallest absolute Gasteiger partial charge is 0.235 e. The van der Waals surface area contributed by atoms with Gasteiger partial charge in [0.2, 0.25) is 15.9 Å². The summed E-state index contributed by atoms with van der Waals surface area (Å²) in [6, 6.07) is 7.14. The van der Waals surface area contributed by atoms with E-state index in [2.05, 4.69) is 5.32 Å². The second-order valence-electron chi connectivity index (χ2n) is 6.14. The first-order chi connectivity index (χ1) is 10.0. The molecular formula is C15H24N2O4S. The molecule has 124 valence electrons. The predicted octanol–water partition coefficient (Wildman–Crippen LogP) is 1.37. The molecule has 6 nitrogen and oxygen atoms in total. The van der Waals surface area contributed by atoms with Gasteiger partial charge in [-0.25, -0.2) is 8.42 Å². The molecule has 0 radical (unpaired) electrons. The molecule has 1 N–H and O–H groups in total. The van der Waals surface area contributed by atoms with Gasteiger partial charge in [0, 0.05) is 17.6 Å². The van der Waals surface area contributed by atoms with Crippen LogP contribution >= 0.6 is 0 Å². The van der Waals surface area contributed by atoms with Crippen LogP contribution in [-0.2, 0) is 21.4 Å². The molecule has 1 aromatic rings. The van der Waals surface area contributed by atoms with Crippen molar-refractivity contribution in [1.29, 1.82) is 0 Å². The van der Waals surface area contributed by atoms with Crippen LogP contribution in [0.4, 0.5) is 0 Å². The van der Waals surface area contributed by atoms with Crippen molar-refractivity contribution in [2.75, 3.05) is 19.9 Å². The average Bonchev–Trinajstić information content (AvgIpc) is 2.35. The third-order valence-corrected chi connectivity index (χ3v) is 4.04. The van der Waals surface area contributed by atoms with Crippen LogP contribution in [0, 0.1) is 0 Å². The number of carbonyl (C=O) groups is 1. The Hall–Kier alpha value is -1.60. The van der Waals surface area contributed by atoms with Crippen molar-refractivity contribution in [1.82, 2.24) is 9.62 Å². The molecule has 1 rings (SSSR count). The molecule has 0 aliphatic rings. The van der Waals surface area contributed by atoms with E-state index in [4.69, 9.17) is 4.74 Å². The summed E-state index contributed by atoms with van der Waals surface area (Å²) in [5.74, 6) is 0.250. The third kappa shape index (κ3) is 6.03. The topological polar surface area (TPSA) is 75.7 Å². The van der Waals surface area contributed by atoms with E-state index < -0.39 is 15.6 Å². The van der Waals surface area contributed by atoms with Crippen molar-refractivity contribution in [3.8, 4) is 5.75 Å². The van der Waals surface area contributed by atoms with Gasteiger partial charge in [-0.1, -0.05) is 18.2 Å². The lowest BCUT2D eigenvalue weighted by atomic mass is 10.1. The van der Waals surface area contributed by atoms with E-state index in [0.717, 1.165) is 10.6 Å². The highest BCUT2D eigenvalue weighted by molar-refractivity contribution is 7.88. The Morgan fingerprint density at radius 2 is 1.86 bits per heavy atom. The van der Waals surface area contributed by atoms with E-state index in [1.165, 1.54) is 7.11 Å². The number of methoxy groups -OCH3 is 1. The van der Waals surface area contributed by atoms with Crippen molar-refractivity contribution in [2.45, 2.75) is 32.9 Å². The first-order valence-corrected chi connectivity index (χ1v) is 8.76. The summed E-state index contributed by atoms with van der Waals surface area (Å²) in [6.45, 7) is 5.39. The number of hydrogen-bond acceptors (Lipinski definition) is 4. The number of para-hydroxylation sites is 1. The van der Waals surface area contributed by atoms with Crippen LogP contribution in [-0.4, -0.2) is 44.1 Å². The number of rotatable bonds is 6. The molecule has 0 fully saturated rings. The predicted molar refractivity (Wildman–Crippen MR) is 86.1 cm³/mol. The highest BCUT2D eigenvalue weighted by atomic mass is 32.2. The number of carbonyl (C=O) groups excluding carboxylic acids is 1. The van der Waals surface area contributed by atoms with Crippen LogP contribution in [0.3, 0.4) is 0 Å². The highest BCUT2D eigenvalue weighted by Crippen LogP contribution is 2.20. The lowest BCUT2D eigenvalue weighted by Gasteiger charge is -2.25. The van der Waals surface area contributed by atoms with Crippen molar-refractivity contribution >= 4 is 15.9 Å². The minimum Gasteiger partial charge on any atom is -0.496 e. The van der Waals surface area contributed by atoms with Gasteiger partial charge in [-0.15, -0.1) is 0 Å². The van der Waals surface area contributed by atoms with Crippen LogP contribution in [0.25, 0.3) is 0 Å². The fraction of sp³-hybridized carbons (Fsp3) is 0.533. The molecule has 0 aliphatic carbocycles. The number of hydrogen-bond donors (Lipinski definition) is 1. The SMILES string of the molecule is COc1ccccc1CN(CC(=O)NC(C)(C)C)S(C)(=O)=O. The molecule has 0 spiro atoms. The summed E-state index contributed by atoms with van der Waals surface area (Å²) in [6.07, 6.45) is 1.09. The van der Waals surface area contributed by atoms with Crippen LogP contribution in [0.5, 0.6) is 5.75 Å². The third-order valence-electron chi connectivity index (χ3n) is 2.84. The monoisotopic (exact) mass is 328 g/mol. The number of nitrogens with zero attached hydrogens (tertiary/aromatic N) is 1. The first-order valence-electron chi connectivity index (χ1n) is 6.91. The number of sulfonamides is 1. The van der Waals surface area contributed by atoms with E-state index >= 15 is 0 Å². The molecule has 1 amide bonds. The normalized spacial score (nSPS) is 12.3. The van der Waals surface area contributed by atoms with Crippen LogP contribution < -0.4 is 10.1 Å². The summed E-state index contributed by atoms with van der Waals surface area (Å²) in [5, 5.41) is 2.76. The van der Waals surface area contributed by atoms with Gasteiger partial charge in [0.25, 0.3) is 0 Å². The number of nitrogens with one attached hydrogen (secondary N) is 1. The van der Waals surface area contributed by atoms with E-state index in [1.54, 1.807) is 24.3 Å². The molecule has 0 saturated heterocycles. The Morgan fingerprint density at radius 3 is 2.36 bits per heavy atom. The minimum absolute atomic E-state index is 0.0837. The molecule has 7 heteroatoms. The van der Waals surface area contributed by atoms with Crippen LogP contribution in [0.15, 0.2) is 24.3 Å². The number of benzene rings is 1. The van der Waals surface area contributed by atoms with E-state index in [9.17, 15) is 13.2 Å². The molecule has 0 unspecified atom stereocenters. The highest BCUT2D eigenvalue weighted by Gasteiger charge is 2.23. The fourth-order valence-electron chi connectivity index (χ4n) is 1.93. The first kappa shape index (κ1) is 18.4. The van der Waals surface area contributed by atoms with Crippen LogP contribution in [0.2, 0.25) is 0 Å². The molecular weight excluding hydrogens is 304 g/mol. The lowest BCUT2D eigenvalue weighted by Crippen LogP contribution is -2.46. The fourth-order valence-corrected chi connectivity index (χ4v) is 2.66. The van der Waals surface area contributed by atoms with E-state index in [0.29, 0.717) is 11.3 Å². The molecule has 22 heavy (non-hydrogen) atoms. The molecule has 1 aromatic carbocycles. The number of amides is 1. The zero-order chi connectivity index (χ0) is 17.0. The molecule has 0 aliphatic heterocycles. The zero-order valence-electron chi connectivity index (χ0n) is 13.7. The Bertz CT molecular complexity index is 621. The van der Waals surface area contributed by atoms with Gasteiger partial charge in [0.05, 0.1) is 19.9 Å². The van der Waals surface area contributed by atoms with Gasteiger partial charge < -0.3 is 10.1 Å². The second-order valence-corrected chi connectivity index (χ2v) is 8.12. The summed E-state index contributed by atoms with van der Waals surface area (Å²) in [4.78, 5) is 12.0. The molecule has 0 aromatic heterocycles. The summed E-state index contributed by atoms with van der Waals surface area (Å²) >= 11 is 0. The van der Waals surface area contributed by atoms with Crippen molar-refractivity contribution in [3.05, 3.63) is 29.8 Å². The van der Waals surface area contributed by atoms with Gasteiger partial charge >= 0.3 is 0 Å². The van der Waals surface area contributed by atoms with Crippen molar-refractivity contribution < 1.29 is 17.9 Å². The number of ether oxygens (including phenoxy) is 1. The van der Waals surface area contributed by atoms with Gasteiger partial charge in [-0.2, -0.15) is 4.31 Å². The van der Waals surface area contributed by atoms with Gasteiger partial charge in [-0.05, 0) is 26.8 Å². The summed E-state index contributed by atoms with van der Waals surface area (Å²) in [5.41, 5.74) is 0.295. The second kappa shape index (κ2) is 7.11. The summed E-state index contributed by atoms with van der Waals surface area (Å²) in [7, 11) is -2.00. The largest absolute Gasteiger partial charge is 0.496 e. The molecule has 0 bridgehead atoms. The lowest BCUT2D eigenvalue weighted by molar-refractivity contribution is -0.122. The maximum Gasteiger partial charge on any atom is 0.235 e. The maximum absolute atomic E-state index is 12.0.